The Morgan fingerprint density at radius 3 is 3.00 bits per heavy atom. The van der Waals surface area contributed by atoms with Crippen molar-refractivity contribution in [3.63, 3.8) is 0 Å². The average molecular weight is 193 g/mol. The number of aromatic nitrogens is 1. The van der Waals surface area contributed by atoms with E-state index in [4.69, 9.17) is 11.6 Å². The predicted octanol–water partition coefficient (Wildman–Crippen LogP) is 2.79. The highest BCUT2D eigenvalue weighted by Crippen LogP contribution is 2.26. The third kappa shape index (κ3) is 1.35. The van der Waals surface area contributed by atoms with Crippen molar-refractivity contribution in [2.75, 3.05) is 0 Å². The molecule has 13 heavy (non-hydrogen) atoms. The molecule has 0 fully saturated rings. The third-order valence-electron chi connectivity index (χ3n) is 1.76. The molecule has 0 bridgehead atoms. The molecule has 0 saturated carbocycles. The second-order valence-electron chi connectivity index (χ2n) is 2.56. The van der Waals surface area contributed by atoms with Crippen LogP contribution in [-0.2, 0) is 4.79 Å². The number of aliphatic imine (C=N–C) groups is 1. The molecular formula is C9H5ClN2O. The minimum Gasteiger partial charge on any atom is -0.338 e. The Hall–Kier alpha value is -1.57. The standard InChI is InChI=1S/C9H5ClN2O/c10-7-3-1-2-6-4-8(11-5-13)12-9(6)7/h1-4,12H. The van der Waals surface area contributed by atoms with Crippen LogP contribution in [0.4, 0.5) is 5.82 Å². The molecule has 1 N–H and O–H groups in total. The Bertz CT molecular complexity index is 497. The molecule has 3 nitrogen and oxygen atoms in total. The fraction of sp³-hybridized carbons (Fsp3) is 0. The molecule has 4 heteroatoms. The number of carbonyl (C=O) groups excluding carboxylic acids is 1. The van der Waals surface area contributed by atoms with E-state index in [2.05, 4.69) is 9.98 Å². The SMILES string of the molecule is O=C=Nc1cc2cccc(Cl)c2[nH]1. The second-order valence-corrected chi connectivity index (χ2v) is 2.97. The maximum atomic E-state index is 9.99. The van der Waals surface area contributed by atoms with Gasteiger partial charge >= 0.3 is 0 Å². The predicted molar refractivity (Wildman–Crippen MR) is 51.1 cm³/mol. The van der Waals surface area contributed by atoms with Gasteiger partial charge in [-0.3, -0.25) is 0 Å². The van der Waals surface area contributed by atoms with Crippen molar-refractivity contribution in [2.45, 2.75) is 0 Å². The van der Waals surface area contributed by atoms with E-state index in [1.165, 1.54) is 6.08 Å². The number of fused-ring (bicyclic) bond motifs is 1. The quantitative estimate of drug-likeness (QED) is 0.548. The highest BCUT2D eigenvalue weighted by atomic mass is 35.5. The van der Waals surface area contributed by atoms with Gasteiger partial charge in [-0.15, -0.1) is 4.99 Å². The van der Waals surface area contributed by atoms with Crippen LogP contribution in [0, 0.1) is 0 Å². The third-order valence-corrected chi connectivity index (χ3v) is 2.07. The number of benzene rings is 1. The molecule has 64 valence electrons. The van der Waals surface area contributed by atoms with Crippen molar-refractivity contribution in [2.24, 2.45) is 4.99 Å². The van der Waals surface area contributed by atoms with Crippen LogP contribution in [-0.4, -0.2) is 11.1 Å². The van der Waals surface area contributed by atoms with Crippen LogP contribution in [0.25, 0.3) is 10.9 Å². The summed E-state index contributed by atoms with van der Waals surface area (Å²) >= 11 is 5.90. The summed E-state index contributed by atoms with van der Waals surface area (Å²) in [5.74, 6) is 0.470. The zero-order valence-corrected chi connectivity index (χ0v) is 7.30. The Balaban J connectivity index is 2.75. The molecule has 0 amide bonds. The normalized spacial score (nSPS) is 9.92. The topological polar surface area (TPSA) is 45.2 Å². The molecule has 1 heterocycles. The number of nitrogens with one attached hydrogen (secondary N) is 1. The number of H-pyrrole nitrogens is 1. The van der Waals surface area contributed by atoms with Crippen LogP contribution in [0.3, 0.4) is 0 Å². The van der Waals surface area contributed by atoms with Crippen molar-refractivity contribution in [3.05, 3.63) is 29.3 Å². The van der Waals surface area contributed by atoms with Crippen LogP contribution in [0.1, 0.15) is 0 Å². The number of hydrogen-bond donors (Lipinski definition) is 1. The van der Waals surface area contributed by atoms with Crippen molar-refractivity contribution in [1.82, 2.24) is 4.98 Å². The highest BCUT2D eigenvalue weighted by molar-refractivity contribution is 6.35. The minimum absolute atomic E-state index is 0.470. The van der Waals surface area contributed by atoms with Crippen LogP contribution >= 0.6 is 11.6 Å². The summed E-state index contributed by atoms with van der Waals surface area (Å²) in [4.78, 5) is 16.4. The Labute approximate surface area is 79.0 Å². The van der Waals surface area contributed by atoms with Gasteiger partial charge in [0.15, 0.2) is 0 Å². The number of hydrogen-bond acceptors (Lipinski definition) is 2. The Kier molecular flexibility index (Phi) is 1.89. The molecule has 0 saturated heterocycles. The fourth-order valence-electron chi connectivity index (χ4n) is 1.21. The molecule has 0 unspecified atom stereocenters. The number of halogens is 1. The van der Waals surface area contributed by atoms with E-state index in [1.807, 2.05) is 12.1 Å². The largest absolute Gasteiger partial charge is 0.338 e. The van der Waals surface area contributed by atoms with Crippen molar-refractivity contribution in [1.29, 1.82) is 0 Å². The van der Waals surface area contributed by atoms with Gasteiger partial charge in [0.2, 0.25) is 6.08 Å². The van der Waals surface area contributed by atoms with Gasteiger partial charge in [-0.05, 0) is 12.1 Å². The average Bonchev–Trinajstić information content (AvgIpc) is 2.49. The van der Waals surface area contributed by atoms with E-state index in [0.717, 1.165) is 10.9 Å². The zero-order chi connectivity index (χ0) is 9.26. The van der Waals surface area contributed by atoms with Crippen molar-refractivity contribution in [3.8, 4) is 0 Å². The van der Waals surface area contributed by atoms with Gasteiger partial charge in [-0.2, -0.15) is 0 Å². The Morgan fingerprint density at radius 2 is 2.31 bits per heavy atom. The van der Waals surface area contributed by atoms with Gasteiger partial charge in [0, 0.05) is 5.39 Å². The molecule has 0 aliphatic carbocycles. The van der Waals surface area contributed by atoms with Crippen molar-refractivity contribution >= 4 is 34.4 Å². The molecule has 0 aliphatic heterocycles. The lowest BCUT2D eigenvalue weighted by molar-refractivity contribution is 0.565. The smallest absolute Gasteiger partial charge is 0.242 e. The van der Waals surface area contributed by atoms with Crippen LogP contribution in [0.5, 0.6) is 0 Å². The monoisotopic (exact) mass is 192 g/mol. The van der Waals surface area contributed by atoms with Gasteiger partial charge in [-0.25, -0.2) is 4.79 Å². The first kappa shape index (κ1) is 8.05. The first-order valence-corrected chi connectivity index (χ1v) is 4.04. The highest BCUT2D eigenvalue weighted by Gasteiger charge is 2.01. The molecule has 0 atom stereocenters. The summed E-state index contributed by atoms with van der Waals surface area (Å²) in [5.41, 5.74) is 0.790. The number of nitrogens with zero attached hydrogens (tertiary/aromatic N) is 1. The van der Waals surface area contributed by atoms with Gasteiger partial charge in [-0.1, -0.05) is 23.7 Å². The summed E-state index contributed by atoms with van der Waals surface area (Å²) in [6.07, 6.45) is 1.47. The maximum Gasteiger partial charge on any atom is 0.242 e. The van der Waals surface area contributed by atoms with Gasteiger partial charge in [0.25, 0.3) is 0 Å². The number of para-hydroxylation sites is 1. The van der Waals surface area contributed by atoms with Crippen LogP contribution in [0.15, 0.2) is 29.3 Å². The summed E-state index contributed by atoms with van der Waals surface area (Å²) in [5, 5.41) is 1.55. The molecule has 2 rings (SSSR count). The molecule has 0 aliphatic rings. The van der Waals surface area contributed by atoms with Crippen LogP contribution in [0.2, 0.25) is 5.02 Å². The molecule has 0 spiro atoms. The summed E-state index contributed by atoms with van der Waals surface area (Å²) in [6.45, 7) is 0. The van der Waals surface area contributed by atoms with E-state index in [9.17, 15) is 4.79 Å². The van der Waals surface area contributed by atoms with Crippen LogP contribution < -0.4 is 0 Å². The fourth-order valence-corrected chi connectivity index (χ4v) is 1.44. The van der Waals surface area contributed by atoms with E-state index < -0.39 is 0 Å². The summed E-state index contributed by atoms with van der Waals surface area (Å²) < 4.78 is 0. The van der Waals surface area contributed by atoms with Crippen molar-refractivity contribution < 1.29 is 4.79 Å². The minimum atomic E-state index is 0.470. The number of rotatable bonds is 1. The van der Waals surface area contributed by atoms with Gasteiger partial charge in [0.1, 0.15) is 5.82 Å². The number of aromatic amines is 1. The van der Waals surface area contributed by atoms with Gasteiger partial charge < -0.3 is 4.98 Å². The van der Waals surface area contributed by atoms with Gasteiger partial charge in [0.05, 0.1) is 10.5 Å². The lowest BCUT2D eigenvalue weighted by Crippen LogP contribution is -1.68. The lowest BCUT2D eigenvalue weighted by Gasteiger charge is -1.90. The summed E-state index contributed by atoms with van der Waals surface area (Å²) in [7, 11) is 0. The maximum absolute atomic E-state index is 9.99. The molecule has 0 radical (unpaired) electrons. The molecule has 1 aromatic heterocycles. The van der Waals surface area contributed by atoms with E-state index >= 15 is 0 Å². The molecule has 2 aromatic rings. The molecule has 1 aromatic carbocycles. The second kappa shape index (κ2) is 3.05. The zero-order valence-electron chi connectivity index (χ0n) is 6.54. The first-order valence-electron chi connectivity index (χ1n) is 3.66. The Morgan fingerprint density at radius 1 is 1.46 bits per heavy atom. The number of isocyanates is 1. The molecular weight excluding hydrogens is 188 g/mol. The lowest BCUT2D eigenvalue weighted by atomic mass is 10.2. The van der Waals surface area contributed by atoms with E-state index in [0.29, 0.717) is 10.8 Å². The first-order chi connectivity index (χ1) is 6.31. The van der Waals surface area contributed by atoms with E-state index in [-0.39, 0.29) is 0 Å². The van der Waals surface area contributed by atoms with E-state index in [1.54, 1.807) is 12.1 Å². The summed E-state index contributed by atoms with van der Waals surface area (Å²) in [6, 6.07) is 7.25.